The Morgan fingerprint density at radius 3 is 2.61 bits per heavy atom. The largest absolute Gasteiger partial charge is 0.317 e. The van der Waals surface area contributed by atoms with E-state index in [0.717, 1.165) is 28.3 Å². The van der Waals surface area contributed by atoms with Crippen LogP contribution in [-0.4, -0.2) is 13.1 Å². The molecule has 0 aliphatic carbocycles. The van der Waals surface area contributed by atoms with Crippen LogP contribution in [0.1, 0.15) is 44.9 Å². The topological polar surface area (TPSA) is 12.0 Å². The molecule has 0 aliphatic rings. The van der Waals surface area contributed by atoms with Gasteiger partial charge in [-0.2, -0.15) is 0 Å². The molecule has 1 rings (SSSR count). The summed E-state index contributed by atoms with van der Waals surface area (Å²) in [5.41, 5.74) is 0.393. The first-order chi connectivity index (χ1) is 8.44. The van der Waals surface area contributed by atoms with Crippen LogP contribution in [0.2, 0.25) is 5.02 Å². The zero-order valence-electron chi connectivity index (χ0n) is 11.5. The number of rotatable bonds is 8. The molecule has 0 spiro atoms. The molecule has 1 N–H and O–H groups in total. The summed E-state index contributed by atoms with van der Waals surface area (Å²) in [4.78, 5) is 1.38. The van der Waals surface area contributed by atoms with Gasteiger partial charge >= 0.3 is 0 Å². The van der Waals surface area contributed by atoms with Crippen molar-refractivity contribution in [1.29, 1.82) is 0 Å². The molecule has 0 amide bonds. The third-order valence-electron chi connectivity index (χ3n) is 3.15. The summed E-state index contributed by atoms with van der Waals surface area (Å²) >= 11 is 11.3. The molecule has 1 aromatic heterocycles. The van der Waals surface area contributed by atoms with Gasteiger partial charge in [0.2, 0.25) is 0 Å². The summed E-state index contributed by atoms with van der Waals surface area (Å²) in [5, 5.41) is 4.32. The molecule has 0 bridgehead atoms. The molecule has 0 atom stereocenters. The van der Waals surface area contributed by atoms with E-state index < -0.39 is 0 Å². The Morgan fingerprint density at radius 2 is 2.06 bits per heavy atom. The van der Waals surface area contributed by atoms with Crippen molar-refractivity contribution in [2.75, 3.05) is 13.1 Å². The van der Waals surface area contributed by atoms with E-state index in [9.17, 15) is 0 Å². The van der Waals surface area contributed by atoms with Gasteiger partial charge in [-0.25, -0.2) is 0 Å². The lowest BCUT2D eigenvalue weighted by atomic mass is 9.84. The number of hydrogen-bond acceptors (Lipinski definition) is 2. The lowest BCUT2D eigenvalue weighted by molar-refractivity contribution is 0.303. The molecule has 18 heavy (non-hydrogen) atoms. The zero-order chi connectivity index (χ0) is 13.6. The summed E-state index contributed by atoms with van der Waals surface area (Å²) in [6, 6.07) is 2.09. The molecule has 1 heterocycles. The standard InChI is InChI=1S/C14H23BrClNS/c1-4-8-17-9-7-14(2,3)6-5-11-10-12(16)13(15)18-11/h10,17H,4-9H2,1-3H3. The van der Waals surface area contributed by atoms with Crippen molar-refractivity contribution in [3.8, 4) is 0 Å². The second-order valence-corrected chi connectivity index (χ2v) is 8.36. The van der Waals surface area contributed by atoms with Gasteiger partial charge in [-0.05, 0) is 66.2 Å². The lowest BCUT2D eigenvalue weighted by Gasteiger charge is -2.24. The molecule has 0 fully saturated rings. The highest BCUT2D eigenvalue weighted by atomic mass is 79.9. The first-order valence-corrected chi connectivity index (χ1v) is 8.58. The fourth-order valence-corrected chi connectivity index (χ4v) is 3.65. The minimum absolute atomic E-state index is 0.393. The second-order valence-electron chi connectivity index (χ2n) is 5.50. The Bertz CT molecular complexity index is 343. The van der Waals surface area contributed by atoms with Crippen LogP contribution in [0.3, 0.4) is 0 Å². The van der Waals surface area contributed by atoms with Gasteiger partial charge in [-0.15, -0.1) is 11.3 Å². The van der Waals surface area contributed by atoms with Crippen LogP contribution in [0, 0.1) is 5.41 Å². The van der Waals surface area contributed by atoms with Gasteiger partial charge < -0.3 is 5.32 Å². The summed E-state index contributed by atoms with van der Waals surface area (Å²) in [6.07, 6.45) is 4.77. The molecule has 0 aromatic carbocycles. The number of thiophene rings is 1. The van der Waals surface area contributed by atoms with Crippen molar-refractivity contribution in [1.82, 2.24) is 5.32 Å². The van der Waals surface area contributed by atoms with E-state index >= 15 is 0 Å². The Kier molecular flexibility index (Phi) is 7.22. The van der Waals surface area contributed by atoms with Crippen molar-refractivity contribution in [3.05, 3.63) is 19.8 Å². The van der Waals surface area contributed by atoms with Gasteiger partial charge in [0.25, 0.3) is 0 Å². The first-order valence-electron chi connectivity index (χ1n) is 6.59. The summed E-state index contributed by atoms with van der Waals surface area (Å²) in [7, 11) is 0. The molecule has 4 heteroatoms. The molecule has 0 unspecified atom stereocenters. The van der Waals surface area contributed by atoms with Gasteiger partial charge in [0.05, 0.1) is 8.81 Å². The number of halogens is 2. The van der Waals surface area contributed by atoms with Crippen molar-refractivity contribution in [3.63, 3.8) is 0 Å². The summed E-state index contributed by atoms with van der Waals surface area (Å²) < 4.78 is 1.06. The quantitative estimate of drug-likeness (QED) is 0.608. The molecule has 1 nitrogen and oxygen atoms in total. The minimum Gasteiger partial charge on any atom is -0.317 e. The van der Waals surface area contributed by atoms with E-state index in [0.29, 0.717) is 5.41 Å². The number of nitrogens with one attached hydrogen (secondary N) is 1. The van der Waals surface area contributed by atoms with E-state index in [1.807, 2.05) is 0 Å². The molecule has 0 saturated heterocycles. The Balaban J connectivity index is 2.31. The smallest absolute Gasteiger partial charge is 0.0887 e. The molecular formula is C14H23BrClNS. The van der Waals surface area contributed by atoms with E-state index in [1.54, 1.807) is 11.3 Å². The number of aryl methyl sites for hydroxylation is 1. The van der Waals surface area contributed by atoms with E-state index in [1.165, 1.54) is 24.1 Å². The van der Waals surface area contributed by atoms with Crippen LogP contribution in [0.25, 0.3) is 0 Å². The first kappa shape index (κ1) is 16.5. The van der Waals surface area contributed by atoms with Gasteiger partial charge in [-0.3, -0.25) is 0 Å². The van der Waals surface area contributed by atoms with Crippen molar-refractivity contribution in [2.45, 2.75) is 46.5 Å². The number of hydrogen-bond donors (Lipinski definition) is 1. The minimum atomic E-state index is 0.393. The highest BCUT2D eigenvalue weighted by Gasteiger charge is 2.18. The Hall–Kier alpha value is 0.430. The molecule has 0 saturated carbocycles. The molecule has 0 radical (unpaired) electrons. The van der Waals surface area contributed by atoms with Crippen molar-refractivity contribution >= 4 is 38.9 Å². The predicted molar refractivity (Wildman–Crippen MR) is 86.9 cm³/mol. The normalized spacial score (nSPS) is 12.1. The second kappa shape index (κ2) is 7.88. The van der Waals surface area contributed by atoms with Gasteiger partial charge in [0.15, 0.2) is 0 Å². The highest BCUT2D eigenvalue weighted by molar-refractivity contribution is 9.11. The zero-order valence-corrected chi connectivity index (χ0v) is 14.6. The van der Waals surface area contributed by atoms with Crippen LogP contribution >= 0.6 is 38.9 Å². The van der Waals surface area contributed by atoms with Gasteiger partial charge in [0, 0.05) is 4.88 Å². The van der Waals surface area contributed by atoms with Crippen LogP contribution in [0.15, 0.2) is 9.85 Å². The maximum absolute atomic E-state index is 6.05. The SMILES string of the molecule is CCCNCCC(C)(C)CCc1cc(Cl)c(Br)s1. The van der Waals surface area contributed by atoms with Gasteiger partial charge in [-0.1, -0.05) is 32.4 Å². The molecular weight excluding hydrogens is 330 g/mol. The lowest BCUT2D eigenvalue weighted by Crippen LogP contribution is -2.23. The average Bonchev–Trinajstić information content (AvgIpc) is 2.62. The monoisotopic (exact) mass is 351 g/mol. The predicted octanol–water partition coefficient (Wildman–Crippen LogP) is 5.51. The Labute approximate surface area is 128 Å². The Morgan fingerprint density at radius 1 is 1.33 bits per heavy atom. The van der Waals surface area contributed by atoms with E-state index in [-0.39, 0.29) is 0 Å². The third kappa shape index (κ3) is 6.05. The fourth-order valence-electron chi connectivity index (χ4n) is 1.83. The van der Waals surface area contributed by atoms with Crippen LogP contribution in [0.4, 0.5) is 0 Å². The van der Waals surface area contributed by atoms with Crippen LogP contribution in [-0.2, 0) is 6.42 Å². The van der Waals surface area contributed by atoms with Crippen LogP contribution in [0.5, 0.6) is 0 Å². The third-order valence-corrected chi connectivity index (χ3v) is 5.68. The van der Waals surface area contributed by atoms with Crippen LogP contribution < -0.4 is 5.32 Å². The molecule has 104 valence electrons. The molecule has 0 aliphatic heterocycles. The van der Waals surface area contributed by atoms with Crippen molar-refractivity contribution in [2.24, 2.45) is 5.41 Å². The highest BCUT2D eigenvalue weighted by Crippen LogP contribution is 2.35. The summed E-state index contributed by atoms with van der Waals surface area (Å²) in [6.45, 7) is 9.16. The summed E-state index contributed by atoms with van der Waals surface area (Å²) in [5.74, 6) is 0. The maximum atomic E-state index is 6.05. The van der Waals surface area contributed by atoms with E-state index in [4.69, 9.17) is 11.6 Å². The maximum Gasteiger partial charge on any atom is 0.0887 e. The van der Waals surface area contributed by atoms with Crippen molar-refractivity contribution < 1.29 is 0 Å². The van der Waals surface area contributed by atoms with E-state index in [2.05, 4.69) is 48.1 Å². The average molecular weight is 353 g/mol. The fraction of sp³-hybridized carbons (Fsp3) is 0.714. The van der Waals surface area contributed by atoms with Gasteiger partial charge in [0.1, 0.15) is 0 Å². The molecule has 1 aromatic rings.